The quantitative estimate of drug-likeness (QED) is 0.901. The van der Waals surface area contributed by atoms with Gasteiger partial charge in [-0.1, -0.05) is 12.1 Å². The fourth-order valence-electron chi connectivity index (χ4n) is 2.82. The van der Waals surface area contributed by atoms with Crippen LogP contribution in [0.2, 0.25) is 0 Å². The molecule has 1 N–H and O–H groups in total. The van der Waals surface area contributed by atoms with Crippen LogP contribution in [-0.2, 0) is 6.54 Å². The lowest BCUT2D eigenvalue weighted by Gasteiger charge is -2.42. The maximum Gasteiger partial charge on any atom is 0.118 e. The minimum atomic E-state index is 0.133. The lowest BCUT2D eigenvalue weighted by atomic mass is 10.1. The van der Waals surface area contributed by atoms with Crippen LogP contribution < -0.4 is 4.74 Å². The van der Waals surface area contributed by atoms with Crippen LogP contribution in [0.5, 0.6) is 5.75 Å². The average molecular weight is 287 g/mol. The highest BCUT2D eigenvalue weighted by molar-refractivity contribution is 5.60. The molecule has 0 radical (unpaired) electrons. The molecule has 2 heterocycles. The molecule has 1 saturated heterocycles. The van der Waals surface area contributed by atoms with E-state index >= 15 is 0 Å². The van der Waals surface area contributed by atoms with Crippen LogP contribution in [0, 0.1) is 0 Å². The Morgan fingerprint density at radius 2 is 2.14 bits per heavy atom. The molecule has 0 spiro atoms. The summed E-state index contributed by atoms with van der Waals surface area (Å²) < 4.78 is 5.19. The summed E-state index contributed by atoms with van der Waals surface area (Å²) in [5.41, 5.74) is 2.51. The van der Waals surface area contributed by atoms with Crippen molar-refractivity contribution in [1.82, 2.24) is 9.80 Å². The van der Waals surface area contributed by atoms with Gasteiger partial charge in [0, 0.05) is 25.3 Å². The summed E-state index contributed by atoms with van der Waals surface area (Å²) in [5.74, 6) is 0.869. The second-order valence-electron chi connectivity index (χ2n) is 5.42. The van der Waals surface area contributed by atoms with Crippen LogP contribution in [0.1, 0.15) is 5.56 Å². The number of piperazine rings is 1. The third-order valence-corrected chi connectivity index (χ3v) is 4.07. The van der Waals surface area contributed by atoms with Crippen molar-refractivity contribution in [1.29, 1.82) is 0 Å². The van der Waals surface area contributed by atoms with E-state index in [4.69, 9.17) is 4.74 Å². The first-order chi connectivity index (χ1) is 10.3. The number of rotatable bonds is 4. The number of nitrogens with zero attached hydrogens (tertiary/aromatic N) is 3. The molecule has 5 heteroatoms. The Morgan fingerprint density at radius 3 is 2.86 bits per heavy atom. The Bertz CT molecular complexity index is 539. The molecule has 112 valence electrons. The smallest absolute Gasteiger partial charge is 0.118 e. The normalized spacial score (nSPS) is 21.9. The van der Waals surface area contributed by atoms with Crippen molar-refractivity contribution < 1.29 is 9.84 Å². The number of hydrogen-bond acceptors (Lipinski definition) is 5. The van der Waals surface area contributed by atoms with Crippen LogP contribution in [0.15, 0.2) is 41.0 Å². The number of hydrogen-bond donors (Lipinski definition) is 1. The molecule has 2 aliphatic heterocycles. The molecule has 0 amide bonds. The summed E-state index contributed by atoms with van der Waals surface area (Å²) >= 11 is 0. The minimum absolute atomic E-state index is 0.133. The van der Waals surface area contributed by atoms with E-state index in [9.17, 15) is 5.11 Å². The standard InChI is InChI=1S/C16H21N3O2/c1-21-16-4-2-13(3-5-16)8-18-9-14-6-7-17-12-19(14)10-15(18)11-20/h2-6,12,15,20H,7-11H2,1H3/t15-/m0/s1. The lowest BCUT2D eigenvalue weighted by Crippen LogP contribution is -2.53. The molecule has 5 nitrogen and oxygen atoms in total. The van der Waals surface area contributed by atoms with Crippen LogP contribution in [0.3, 0.4) is 0 Å². The average Bonchev–Trinajstić information content (AvgIpc) is 2.55. The van der Waals surface area contributed by atoms with Gasteiger partial charge >= 0.3 is 0 Å². The predicted octanol–water partition coefficient (Wildman–Crippen LogP) is 1.10. The molecular weight excluding hydrogens is 266 g/mol. The van der Waals surface area contributed by atoms with Gasteiger partial charge in [-0.3, -0.25) is 9.89 Å². The third kappa shape index (κ3) is 3.09. The van der Waals surface area contributed by atoms with E-state index in [1.807, 2.05) is 18.5 Å². The largest absolute Gasteiger partial charge is 0.497 e. The van der Waals surface area contributed by atoms with Crippen molar-refractivity contribution in [3.8, 4) is 5.75 Å². The molecule has 0 unspecified atom stereocenters. The van der Waals surface area contributed by atoms with Gasteiger partial charge in [-0.05, 0) is 23.8 Å². The van der Waals surface area contributed by atoms with E-state index in [0.717, 1.165) is 31.9 Å². The maximum absolute atomic E-state index is 9.66. The van der Waals surface area contributed by atoms with Crippen LogP contribution in [-0.4, -0.2) is 60.6 Å². The van der Waals surface area contributed by atoms with E-state index in [1.54, 1.807) is 7.11 Å². The van der Waals surface area contributed by atoms with Gasteiger partial charge in [-0.2, -0.15) is 0 Å². The Labute approximate surface area is 125 Å². The molecule has 1 atom stereocenters. The second-order valence-corrected chi connectivity index (χ2v) is 5.42. The molecular formula is C16H21N3O2. The Morgan fingerprint density at radius 1 is 1.33 bits per heavy atom. The van der Waals surface area contributed by atoms with E-state index < -0.39 is 0 Å². The van der Waals surface area contributed by atoms with Crippen LogP contribution >= 0.6 is 0 Å². The van der Waals surface area contributed by atoms with Crippen LogP contribution in [0.4, 0.5) is 0 Å². The summed E-state index contributed by atoms with van der Waals surface area (Å²) in [6.07, 6.45) is 4.05. The topological polar surface area (TPSA) is 48.3 Å². The fourth-order valence-corrected chi connectivity index (χ4v) is 2.82. The predicted molar refractivity (Wildman–Crippen MR) is 82.4 cm³/mol. The van der Waals surface area contributed by atoms with Crippen molar-refractivity contribution in [3.05, 3.63) is 41.6 Å². The summed E-state index contributed by atoms with van der Waals surface area (Å²) in [6, 6.07) is 8.25. The van der Waals surface area contributed by atoms with Crippen molar-refractivity contribution in [3.63, 3.8) is 0 Å². The first kappa shape index (κ1) is 14.1. The Hall–Kier alpha value is -1.85. The van der Waals surface area contributed by atoms with E-state index in [1.165, 1.54) is 11.3 Å². The second kappa shape index (κ2) is 6.28. The molecule has 1 aromatic carbocycles. The number of aliphatic hydroxyl groups excluding tert-OH is 1. The van der Waals surface area contributed by atoms with E-state index in [2.05, 4.69) is 33.0 Å². The van der Waals surface area contributed by atoms with Gasteiger partial charge < -0.3 is 14.7 Å². The number of methoxy groups -OCH3 is 1. The number of aliphatic imine (C=N–C) groups is 1. The first-order valence-corrected chi connectivity index (χ1v) is 7.23. The van der Waals surface area contributed by atoms with Gasteiger partial charge in [0.2, 0.25) is 0 Å². The zero-order valence-electron chi connectivity index (χ0n) is 12.3. The van der Waals surface area contributed by atoms with Gasteiger partial charge in [-0.15, -0.1) is 0 Å². The molecule has 2 aliphatic rings. The molecule has 0 aromatic heterocycles. The highest BCUT2D eigenvalue weighted by atomic mass is 16.5. The lowest BCUT2D eigenvalue weighted by molar-refractivity contribution is 0.0823. The maximum atomic E-state index is 9.66. The number of fused-ring (bicyclic) bond motifs is 1. The number of ether oxygens (including phenoxy) is 1. The minimum Gasteiger partial charge on any atom is -0.497 e. The summed E-state index contributed by atoms with van der Waals surface area (Å²) in [6.45, 7) is 3.39. The Balaban J connectivity index is 1.71. The summed E-state index contributed by atoms with van der Waals surface area (Å²) in [7, 11) is 1.67. The zero-order chi connectivity index (χ0) is 14.7. The summed E-state index contributed by atoms with van der Waals surface area (Å²) in [5, 5.41) is 9.66. The fraction of sp³-hybridized carbons (Fsp3) is 0.438. The Kier molecular flexibility index (Phi) is 4.22. The van der Waals surface area contributed by atoms with Crippen molar-refractivity contribution in [2.75, 3.05) is 33.4 Å². The van der Waals surface area contributed by atoms with Gasteiger partial charge in [-0.25, -0.2) is 0 Å². The highest BCUT2D eigenvalue weighted by Crippen LogP contribution is 2.22. The molecule has 1 fully saturated rings. The van der Waals surface area contributed by atoms with E-state index in [0.29, 0.717) is 0 Å². The van der Waals surface area contributed by atoms with Crippen molar-refractivity contribution >= 4 is 6.34 Å². The van der Waals surface area contributed by atoms with Gasteiger partial charge in [0.25, 0.3) is 0 Å². The molecule has 1 aromatic rings. The van der Waals surface area contributed by atoms with Crippen LogP contribution in [0.25, 0.3) is 0 Å². The van der Waals surface area contributed by atoms with Crippen molar-refractivity contribution in [2.45, 2.75) is 12.6 Å². The summed E-state index contributed by atoms with van der Waals surface area (Å²) in [4.78, 5) is 8.74. The van der Waals surface area contributed by atoms with Gasteiger partial charge in [0.15, 0.2) is 0 Å². The van der Waals surface area contributed by atoms with E-state index in [-0.39, 0.29) is 12.6 Å². The van der Waals surface area contributed by atoms with Gasteiger partial charge in [0.05, 0.1) is 32.6 Å². The monoisotopic (exact) mass is 287 g/mol. The van der Waals surface area contributed by atoms with Gasteiger partial charge in [0.1, 0.15) is 5.75 Å². The first-order valence-electron chi connectivity index (χ1n) is 7.23. The molecule has 21 heavy (non-hydrogen) atoms. The molecule has 3 rings (SSSR count). The third-order valence-electron chi connectivity index (χ3n) is 4.07. The SMILES string of the molecule is COc1ccc(CN2CC3=CCN=CN3C[C@H]2CO)cc1. The molecule has 0 bridgehead atoms. The molecule has 0 saturated carbocycles. The highest BCUT2D eigenvalue weighted by Gasteiger charge is 2.29. The van der Waals surface area contributed by atoms with Crippen molar-refractivity contribution in [2.24, 2.45) is 4.99 Å². The number of aliphatic hydroxyl groups is 1. The molecule has 0 aliphatic carbocycles. The number of benzene rings is 1. The zero-order valence-corrected chi connectivity index (χ0v) is 12.3.